The fraction of sp³-hybridized carbons (Fsp3) is 0.588. The Hall–Kier alpha value is -1.51. The van der Waals surface area contributed by atoms with Crippen molar-refractivity contribution in [1.82, 2.24) is 0 Å². The van der Waals surface area contributed by atoms with Gasteiger partial charge in [-0.1, -0.05) is 62.4 Å². The van der Waals surface area contributed by atoms with E-state index in [9.17, 15) is 4.79 Å². The van der Waals surface area contributed by atoms with Gasteiger partial charge in [-0.2, -0.15) is 0 Å². The number of benzene rings is 1. The van der Waals surface area contributed by atoms with Crippen LogP contribution in [0.25, 0.3) is 0 Å². The van der Waals surface area contributed by atoms with Gasteiger partial charge < -0.3 is 9.47 Å². The summed E-state index contributed by atoms with van der Waals surface area (Å²) < 4.78 is 9.22. The second-order valence-electron chi connectivity index (χ2n) is 5.01. The first-order valence-corrected chi connectivity index (χ1v) is 7.57. The van der Waals surface area contributed by atoms with Crippen LogP contribution in [0.2, 0.25) is 0 Å². The molecule has 0 spiro atoms. The highest BCUT2D eigenvalue weighted by Crippen LogP contribution is 2.10. The van der Waals surface area contributed by atoms with Crippen LogP contribution >= 0.6 is 0 Å². The number of unbranched alkanes of at least 4 members (excludes halogenated alkanes) is 6. The van der Waals surface area contributed by atoms with Crippen LogP contribution in [-0.4, -0.2) is 19.9 Å². The fourth-order valence-electron chi connectivity index (χ4n) is 2.17. The molecule has 0 N–H and O–H groups in total. The zero-order chi connectivity index (χ0) is 14.5. The molecule has 0 radical (unpaired) electrons. The van der Waals surface area contributed by atoms with Crippen molar-refractivity contribution in [3.05, 3.63) is 35.9 Å². The molecule has 0 bridgehead atoms. The highest BCUT2D eigenvalue weighted by atomic mass is 16.7. The van der Waals surface area contributed by atoms with Gasteiger partial charge in [-0.05, 0) is 24.8 Å². The van der Waals surface area contributed by atoms with Crippen LogP contribution in [0.3, 0.4) is 0 Å². The maximum Gasteiger partial charge on any atom is 0.507 e. The summed E-state index contributed by atoms with van der Waals surface area (Å²) in [6.45, 7) is 0.473. The summed E-state index contributed by atoms with van der Waals surface area (Å²) in [7, 11) is 1.33. The largest absolute Gasteiger partial charge is 0.507 e. The summed E-state index contributed by atoms with van der Waals surface area (Å²) in [6, 6.07) is 10.7. The van der Waals surface area contributed by atoms with Crippen molar-refractivity contribution in [2.75, 3.05) is 13.7 Å². The monoisotopic (exact) mass is 278 g/mol. The van der Waals surface area contributed by atoms with Crippen molar-refractivity contribution in [3.63, 3.8) is 0 Å². The lowest BCUT2D eigenvalue weighted by Gasteiger charge is -2.04. The summed E-state index contributed by atoms with van der Waals surface area (Å²) in [5.41, 5.74) is 1.44. The van der Waals surface area contributed by atoms with Gasteiger partial charge in [0.2, 0.25) is 0 Å². The van der Waals surface area contributed by atoms with Gasteiger partial charge in [-0.25, -0.2) is 4.79 Å². The van der Waals surface area contributed by atoms with Gasteiger partial charge in [0.25, 0.3) is 0 Å². The maximum atomic E-state index is 10.7. The molecule has 0 atom stereocenters. The molecule has 20 heavy (non-hydrogen) atoms. The molecular weight excluding hydrogens is 252 g/mol. The van der Waals surface area contributed by atoms with Crippen LogP contribution in [0.5, 0.6) is 0 Å². The van der Waals surface area contributed by atoms with Gasteiger partial charge in [0.1, 0.15) is 0 Å². The molecule has 0 saturated heterocycles. The van der Waals surface area contributed by atoms with E-state index in [2.05, 4.69) is 35.1 Å². The molecule has 0 aliphatic heterocycles. The van der Waals surface area contributed by atoms with Gasteiger partial charge >= 0.3 is 6.16 Å². The maximum absolute atomic E-state index is 10.7. The SMILES string of the molecule is COC(=O)OCCCCCCCCCc1ccccc1. The molecule has 3 heteroatoms. The Morgan fingerprint density at radius 2 is 1.50 bits per heavy atom. The molecule has 0 unspecified atom stereocenters. The van der Waals surface area contributed by atoms with Gasteiger partial charge in [0.05, 0.1) is 13.7 Å². The lowest BCUT2D eigenvalue weighted by Crippen LogP contribution is -2.05. The van der Waals surface area contributed by atoms with Crippen molar-refractivity contribution in [2.24, 2.45) is 0 Å². The van der Waals surface area contributed by atoms with E-state index in [0.29, 0.717) is 6.61 Å². The van der Waals surface area contributed by atoms with Crippen LogP contribution in [0, 0.1) is 0 Å². The van der Waals surface area contributed by atoms with E-state index in [1.165, 1.54) is 51.2 Å². The first-order chi connectivity index (χ1) is 9.83. The number of hydrogen-bond donors (Lipinski definition) is 0. The zero-order valence-corrected chi connectivity index (χ0v) is 12.5. The molecule has 3 nitrogen and oxygen atoms in total. The molecule has 0 aliphatic rings. The third-order valence-electron chi connectivity index (χ3n) is 3.34. The second kappa shape index (κ2) is 11.3. The summed E-state index contributed by atoms with van der Waals surface area (Å²) in [6.07, 6.45) is 9.02. The number of rotatable bonds is 10. The highest BCUT2D eigenvalue weighted by Gasteiger charge is 1.99. The number of aryl methyl sites for hydroxylation is 1. The third-order valence-corrected chi connectivity index (χ3v) is 3.34. The topological polar surface area (TPSA) is 35.5 Å². The van der Waals surface area contributed by atoms with Crippen LogP contribution in [0.4, 0.5) is 4.79 Å². The Morgan fingerprint density at radius 3 is 2.15 bits per heavy atom. The number of carbonyl (C=O) groups excluding carboxylic acids is 1. The molecule has 1 rings (SSSR count). The van der Waals surface area contributed by atoms with Crippen molar-refractivity contribution < 1.29 is 14.3 Å². The average molecular weight is 278 g/mol. The summed E-state index contributed by atoms with van der Waals surface area (Å²) in [5, 5.41) is 0. The first kappa shape index (κ1) is 16.5. The van der Waals surface area contributed by atoms with Crippen molar-refractivity contribution in [3.8, 4) is 0 Å². The van der Waals surface area contributed by atoms with Crippen LogP contribution in [-0.2, 0) is 15.9 Å². The highest BCUT2D eigenvalue weighted by molar-refractivity contribution is 5.59. The van der Waals surface area contributed by atoms with Crippen molar-refractivity contribution >= 4 is 6.16 Å². The summed E-state index contributed by atoms with van der Waals surface area (Å²) in [5.74, 6) is 0. The minimum absolute atomic E-state index is 0.473. The average Bonchev–Trinajstić information content (AvgIpc) is 2.50. The molecule has 0 amide bonds. The third kappa shape index (κ3) is 8.57. The van der Waals surface area contributed by atoms with E-state index in [4.69, 9.17) is 4.74 Å². The first-order valence-electron chi connectivity index (χ1n) is 7.57. The number of ether oxygens (including phenoxy) is 2. The van der Waals surface area contributed by atoms with Crippen molar-refractivity contribution in [1.29, 1.82) is 0 Å². The van der Waals surface area contributed by atoms with Gasteiger partial charge in [0.15, 0.2) is 0 Å². The minimum Gasteiger partial charge on any atom is -0.438 e. The molecule has 1 aromatic carbocycles. The summed E-state index contributed by atoms with van der Waals surface area (Å²) >= 11 is 0. The van der Waals surface area contributed by atoms with E-state index in [-0.39, 0.29) is 0 Å². The fourth-order valence-corrected chi connectivity index (χ4v) is 2.17. The Morgan fingerprint density at radius 1 is 0.900 bits per heavy atom. The van der Waals surface area contributed by atoms with Gasteiger partial charge in [0, 0.05) is 0 Å². The molecule has 0 aromatic heterocycles. The van der Waals surface area contributed by atoms with Gasteiger partial charge in [-0.15, -0.1) is 0 Å². The Bertz CT molecular complexity index is 349. The van der Waals surface area contributed by atoms with E-state index < -0.39 is 6.16 Å². The standard InChI is InChI=1S/C17H26O3/c1-19-17(18)20-15-11-6-4-2-3-5-8-12-16-13-9-7-10-14-16/h7,9-10,13-14H,2-6,8,11-12,15H2,1H3. The summed E-state index contributed by atoms with van der Waals surface area (Å²) in [4.78, 5) is 10.7. The van der Waals surface area contributed by atoms with E-state index in [1.54, 1.807) is 0 Å². The second-order valence-corrected chi connectivity index (χ2v) is 5.01. The Balaban J connectivity index is 1.82. The van der Waals surface area contributed by atoms with Crippen molar-refractivity contribution in [2.45, 2.75) is 51.4 Å². The predicted octanol–water partition coefficient (Wildman–Crippen LogP) is 4.74. The Labute approximate surface area is 122 Å². The van der Waals surface area contributed by atoms with Gasteiger partial charge in [-0.3, -0.25) is 0 Å². The predicted molar refractivity (Wildman–Crippen MR) is 80.8 cm³/mol. The molecule has 0 heterocycles. The zero-order valence-electron chi connectivity index (χ0n) is 12.5. The molecule has 0 saturated carbocycles. The van der Waals surface area contributed by atoms with E-state index in [1.807, 2.05) is 0 Å². The molecule has 1 aromatic rings. The smallest absolute Gasteiger partial charge is 0.438 e. The molecule has 0 fully saturated rings. The Kier molecular flexibility index (Phi) is 9.37. The molecule has 0 aliphatic carbocycles. The molecular formula is C17H26O3. The minimum atomic E-state index is -0.578. The van der Waals surface area contributed by atoms with E-state index >= 15 is 0 Å². The lowest BCUT2D eigenvalue weighted by molar-refractivity contribution is 0.0713. The molecule has 112 valence electrons. The number of carbonyl (C=O) groups is 1. The van der Waals surface area contributed by atoms with Crippen LogP contribution in [0.1, 0.15) is 50.5 Å². The number of methoxy groups -OCH3 is 1. The van der Waals surface area contributed by atoms with Crippen LogP contribution in [0.15, 0.2) is 30.3 Å². The number of hydrogen-bond acceptors (Lipinski definition) is 3. The van der Waals surface area contributed by atoms with Crippen LogP contribution < -0.4 is 0 Å². The van der Waals surface area contributed by atoms with E-state index in [0.717, 1.165) is 12.8 Å². The quantitative estimate of drug-likeness (QED) is 0.458. The lowest BCUT2D eigenvalue weighted by atomic mass is 10.0. The normalized spacial score (nSPS) is 10.2.